The van der Waals surface area contributed by atoms with Gasteiger partial charge in [0.2, 0.25) is 10.0 Å². The highest BCUT2D eigenvalue weighted by molar-refractivity contribution is 7.90. The van der Waals surface area contributed by atoms with Gasteiger partial charge in [0.1, 0.15) is 9.84 Å². The number of hydrogen-bond acceptors (Lipinski definition) is 5. The molecule has 118 valence electrons. The van der Waals surface area contributed by atoms with Crippen LogP contribution < -0.4 is 10.5 Å². The SMILES string of the molecule is CS(=O)(=O)CCNC(=O)c1cc(S(N)(=O)=O)cc(Cl)c1Cl. The average molecular weight is 375 g/mol. The minimum Gasteiger partial charge on any atom is -0.351 e. The summed E-state index contributed by atoms with van der Waals surface area (Å²) in [5, 5.41) is 6.96. The Morgan fingerprint density at radius 1 is 1.24 bits per heavy atom. The lowest BCUT2D eigenvalue weighted by Crippen LogP contribution is -2.29. The number of sulfone groups is 1. The number of sulfonamides is 1. The maximum atomic E-state index is 11.9. The first kappa shape index (κ1) is 18.2. The molecule has 7 nitrogen and oxygen atoms in total. The second kappa shape index (κ2) is 6.49. The molecule has 0 fully saturated rings. The van der Waals surface area contributed by atoms with Gasteiger partial charge in [0.15, 0.2) is 0 Å². The second-order valence-electron chi connectivity index (χ2n) is 4.20. The normalized spacial score (nSPS) is 12.2. The van der Waals surface area contributed by atoms with Crippen molar-refractivity contribution in [1.29, 1.82) is 0 Å². The standard InChI is InChI=1S/C10H12Cl2N2O5S2/c1-20(16,17)3-2-14-10(15)7-4-6(21(13,18)19)5-8(11)9(7)12/h4-5H,2-3H2,1H3,(H,14,15)(H2,13,18,19). The van der Waals surface area contributed by atoms with Crippen LogP contribution in [0.1, 0.15) is 10.4 Å². The van der Waals surface area contributed by atoms with Crippen LogP contribution in [-0.4, -0.2) is 41.3 Å². The first-order valence-corrected chi connectivity index (χ1v) is 9.76. The summed E-state index contributed by atoms with van der Waals surface area (Å²) in [6.45, 7) is -0.148. The van der Waals surface area contributed by atoms with E-state index in [4.69, 9.17) is 28.3 Å². The summed E-state index contributed by atoms with van der Waals surface area (Å²) in [5.74, 6) is -1.02. The summed E-state index contributed by atoms with van der Waals surface area (Å²) in [7, 11) is -7.30. The number of amides is 1. The molecule has 21 heavy (non-hydrogen) atoms. The summed E-state index contributed by atoms with van der Waals surface area (Å²) >= 11 is 11.6. The van der Waals surface area contributed by atoms with E-state index in [1.807, 2.05) is 0 Å². The molecule has 0 spiro atoms. The fraction of sp³-hybridized carbons (Fsp3) is 0.300. The quantitative estimate of drug-likeness (QED) is 0.772. The molecule has 1 amide bonds. The summed E-state index contributed by atoms with van der Waals surface area (Å²) in [4.78, 5) is 11.5. The fourth-order valence-corrected chi connectivity index (χ4v) is 2.85. The van der Waals surface area contributed by atoms with Gasteiger partial charge in [0.05, 0.1) is 26.3 Å². The van der Waals surface area contributed by atoms with Crippen LogP contribution in [-0.2, 0) is 19.9 Å². The van der Waals surface area contributed by atoms with Gasteiger partial charge in [-0.1, -0.05) is 23.2 Å². The lowest BCUT2D eigenvalue weighted by atomic mass is 10.2. The van der Waals surface area contributed by atoms with Gasteiger partial charge in [0, 0.05) is 12.8 Å². The number of rotatable bonds is 5. The van der Waals surface area contributed by atoms with E-state index in [0.717, 1.165) is 18.4 Å². The van der Waals surface area contributed by atoms with Crippen molar-refractivity contribution in [3.05, 3.63) is 27.7 Å². The van der Waals surface area contributed by atoms with Crippen molar-refractivity contribution in [2.45, 2.75) is 4.90 Å². The van der Waals surface area contributed by atoms with Crippen molar-refractivity contribution in [3.8, 4) is 0 Å². The van der Waals surface area contributed by atoms with Crippen LogP contribution >= 0.6 is 23.2 Å². The van der Waals surface area contributed by atoms with E-state index < -0.39 is 25.8 Å². The van der Waals surface area contributed by atoms with Crippen LogP contribution in [0.25, 0.3) is 0 Å². The lowest BCUT2D eigenvalue weighted by Gasteiger charge is -2.09. The van der Waals surface area contributed by atoms with Gasteiger partial charge in [-0.25, -0.2) is 22.0 Å². The summed E-state index contributed by atoms with van der Waals surface area (Å²) in [6, 6.07) is 1.99. The zero-order chi connectivity index (χ0) is 16.4. The average Bonchev–Trinajstić information content (AvgIpc) is 2.29. The molecule has 1 aromatic rings. The molecule has 3 N–H and O–H groups in total. The van der Waals surface area contributed by atoms with E-state index >= 15 is 0 Å². The molecule has 1 aromatic carbocycles. The molecule has 1 rings (SSSR count). The van der Waals surface area contributed by atoms with Crippen LogP contribution in [0.4, 0.5) is 0 Å². The number of hydrogen-bond donors (Lipinski definition) is 2. The molecule has 0 aliphatic heterocycles. The number of nitrogens with one attached hydrogen (secondary N) is 1. The van der Waals surface area contributed by atoms with E-state index in [-0.39, 0.29) is 32.8 Å². The van der Waals surface area contributed by atoms with Crippen molar-refractivity contribution >= 4 is 49.0 Å². The highest BCUT2D eigenvalue weighted by Crippen LogP contribution is 2.29. The zero-order valence-electron chi connectivity index (χ0n) is 10.8. The van der Waals surface area contributed by atoms with Crippen LogP contribution in [0.3, 0.4) is 0 Å². The molecule has 11 heteroatoms. The number of primary sulfonamides is 1. The molecule has 0 heterocycles. The zero-order valence-corrected chi connectivity index (χ0v) is 13.9. The minimum atomic E-state index is -4.06. The Kier molecular flexibility index (Phi) is 5.62. The van der Waals surface area contributed by atoms with E-state index in [9.17, 15) is 21.6 Å². The summed E-state index contributed by atoms with van der Waals surface area (Å²) < 4.78 is 44.5. The van der Waals surface area contributed by atoms with E-state index in [1.54, 1.807) is 0 Å². The van der Waals surface area contributed by atoms with Gasteiger partial charge in [0.25, 0.3) is 5.91 Å². The van der Waals surface area contributed by atoms with Crippen LogP contribution in [0.5, 0.6) is 0 Å². The Balaban J connectivity index is 3.07. The first-order chi connectivity index (χ1) is 9.42. The first-order valence-electron chi connectivity index (χ1n) is 5.39. The number of benzene rings is 1. The Morgan fingerprint density at radius 2 is 1.81 bits per heavy atom. The number of halogens is 2. The Morgan fingerprint density at radius 3 is 2.29 bits per heavy atom. The third-order valence-electron chi connectivity index (χ3n) is 2.33. The summed E-state index contributed by atoms with van der Waals surface area (Å²) in [5.41, 5.74) is -0.207. The number of carbonyl (C=O) groups excluding carboxylic acids is 1. The summed E-state index contributed by atoms with van der Waals surface area (Å²) in [6.07, 6.45) is 1.02. The van der Waals surface area contributed by atoms with Gasteiger partial charge in [-0.2, -0.15) is 0 Å². The molecule has 0 atom stereocenters. The Labute approximate surface area is 132 Å². The third-order valence-corrected chi connectivity index (χ3v) is 4.97. The van der Waals surface area contributed by atoms with E-state index in [0.29, 0.717) is 0 Å². The largest absolute Gasteiger partial charge is 0.351 e. The molecular weight excluding hydrogens is 363 g/mol. The highest BCUT2D eigenvalue weighted by Gasteiger charge is 2.19. The molecule has 0 saturated heterocycles. The monoisotopic (exact) mass is 374 g/mol. The molecule has 0 saturated carbocycles. The Hall–Kier alpha value is -0.870. The minimum absolute atomic E-state index is 0.148. The lowest BCUT2D eigenvalue weighted by molar-refractivity contribution is 0.0956. The van der Waals surface area contributed by atoms with Crippen LogP contribution in [0.2, 0.25) is 10.0 Å². The van der Waals surface area contributed by atoms with Crippen LogP contribution in [0.15, 0.2) is 17.0 Å². The molecule has 0 radical (unpaired) electrons. The van der Waals surface area contributed by atoms with Crippen LogP contribution in [0, 0.1) is 0 Å². The number of carbonyl (C=O) groups is 1. The smallest absolute Gasteiger partial charge is 0.252 e. The van der Waals surface area contributed by atoms with Gasteiger partial charge >= 0.3 is 0 Å². The molecule has 0 aromatic heterocycles. The Bertz CT molecular complexity index is 775. The topological polar surface area (TPSA) is 123 Å². The fourth-order valence-electron chi connectivity index (χ4n) is 1.34. The predicted molar refractivity (Wildman–Crippen MR) is 79.9 cm³/mol. The maximum Gasteiger partial charge on any atom is 0.252 e. The van der Waals surface area contributed by atoms with Crippen molar-refractivity contribution < 1.29 is 21.6 Å². The third kappa shape index (κ3) is 5.44. The highest BCUT2D eigenvalue weighted by atomic mass is 35.5. The maximum absolute atomic E-state index is 11.9. The van der Waals surface area contributed by atoms with E-state index in [2.05, 4.69) is 5.32 Å². The second-order valence-corrected chi connectivity index (χ2v) is 8.80. The van der Waals surface area contributed by atoms with Crippen molar-refractivity contribution in [2.24, 2.45) is 5.14 Å². The van der Waals surface area contributed by atoms with Gasteiger partial charge in [-0.05, 0) is 12.1 Å². The molecule has 0 unspecified atom stereocenters. The van der Waals surface area contributed by atoms with Gasteiger partial charge < -0.3 is 5.32 Å². The van der Waals surface area contributed by atoms with Gasteiger partial charge in [-0.3, -0.25) is 4.79 Å². The predicted octanol–water partition coefficient (Wildman–Crippen LogP) is 0.415. The van der Waals surface area contributed by atoms with Gasteiger partial charge in [-0.15, -0.1) is 0 Å². The van der Waals surface area contributed by atoms with Crippen molar-refractivity contribution in [1.82, 2.24) is 5.32 Å². The molecular formula is C10H12Cl2N2O5S2. The number of nitrogens with two attached hydrogens (primary N) is 1. The molecule has 0 aliphatic carbocycles. The van der Waals surface area contributed by atoms with Crippen molar-refractivity contribution in [2.75, 3.05) is 18.6 Å². The van der Waals surface area contributed by atoms with E-state index in [1.165, 1.54) is 0 Å². The molecule has 0 aliphatic rings. The molecule has 0 bridgehead atoms. The van der Waals surface area contributed by atoms with Crippen molar-refractivity contribution in [3.63, 3.8) is 0 Å².